The molecule has 1 aliphatic rings. The van der Waals surface area contributed by atoms with Gasteiger partial charge in [0.2, 0.25) is 0 Å². The van der Waals surface area contributed by atoms with E-state index in [-0.39, 0.29) is 23.6 Å². The SMILES string of the molecule is CCCCCn1nc(C(=O)OCC(=O)c2ccc(C3CCCCC3)cc2)c2ccccc2c1=O. The van der Waals surface area contributed by atoms with Crippen LogP contribution in [-0.2, 0) is 11.3 Å². The molecule has 6 nitrogen and oxygen atoms in total. The Morgan fingerprint density at radius 3 is 2.38 bits per heavy atom. The van der Waals surface area contributed by atoms with Crippen molar-refractivity contribution < 1.29 is 14.3 Å². The van der Waals surface area contributed by atoms with Crippen molar-refractivity contribution >= 4 is 22.5 Å². The highest BCUT2D eigenvalue weighted by atomic mass is 16.5. The zero-order chi connectivity index (χ0) is 23.9. The van der Waals surface area contributed by atoms with Crippen molar-refractivity contribution in [2.75, 3.05) is 6.61 Å². The molecule has 1 aromatic heterocycles. The van der Waals surface area contributed by atoms with Crippen molar-refractivity contribution in [3.05, 3.63) is 75.7 Å². The molecule has 0 bridgehead atoms. The van der Waals surface area contributed by atoms with Gasteiger partial charge in [0.25, 0.3) is 5.56 Å². The third kappa shape index (κ3) is 5.44. The molecule has 0 amide bonds. The summed E-state index contributed by atoms with van der Waals surface area (Å²) in [6.07, 6.45) is 9.00. The Morgan fingerprint density at radius 2 is 1.68 bits per heavy atom. The molecule has 0 atom stereocenters. The van der Waals surface area contributed by atoms with E-state index < -0.39 is 5.97 Å². The summed E-state index contributed by atoms with van der Waals surface area (Å²) in [7, 11) is 0. The Balaban J connectivity index is 1.47. The first kappa shape index (κ1) is 23.9. The Hall–Kier alpha value is -3.28. The molecule has 2 aromatic carbocycles. The number of aromatic nitrogens is 2. The number of hydrogen-bond acceptors (Lipinski definition) is 5. The van der Waals surface area contributed by atoms with Crippen molar-refractivity contribution in [1.29, 1.82) is 0 Å². The van der Waals surface area contributed by atoms with Gasteiger partial charge in [0.05, 0.1) is 5.39 Å². The first-order valence-electron chi connectivity index (χ1n) is 12.4. The summed E-state index contributed by atoms with van der Waals surface area (Å²) in [4.78, 5) is 38.4. The van der Waals surface area contributed by atoms with Gasteiger partial charge in [0.1, 0.15) is 0 Å². The van der Waals surface area contributed by atoms with E-state index in [0.29, 0.717) is 28.8 Å². The standard InChI is InChI=1S/C28H32N2O4/c1-2-3-9-18-30-27(32)24-13-8-7-12-23(24)26(29-30)28(33)34-19-25(31)22-16-14-21(15-17-22)20-10-5-4-6-11-20/h7-8,12-17,20H,2-6,9-11,18-19H2,1H3. The number of Topliss-reactive ketones (excluding diaryl/α,β-unsaturated/α-hetero) is 1. The maximum atomic E-state index is 12.9. The molecule has 1 aliphatic carbocycles. The largest absolute Gasteiger partial charge is 0.452 e. The van der Waals surface area contributed by atoms with Gasteiger partial charge in [-0.05, 0) is 36.8 Å². The van der Waals surface area contributed by atoms with E-state index in [1.54, 1.807) is 24.3 Å². The van der Waals surface area contributed by atoms with Gasteiger partial charge in [-0.1, -0.05) is 81.5 Å². The highest BCUT2D eigenvalue weighted by Crippen LogP contribution is 2.32. The van der Waals surface area contributed by atoms with E-state index in [1.807, 2.05) is 24.3 Å². The number of fused-ring (bicyclic) bond motifs is 1. The van der Waals surface area contributed by atoms with Gasteiger partial charge in [0, 0.05) is 17.5 Å². The number of esters is 1. The second-order valence-electron chi connectivity index (χ2n) is 9.09. The maximum absolute atomic E-state index is 12.9. The number of ketones is 1. The van der Waals surface area contributed by atoms with Crippen LogP contribution in [-0.4, -0.2) is 28.1 Å². The summed E-state index contributed by atoms with van der Waals surface area (Å²) in [5.41, 5.74) is 1.63. The van der Waals surface area contributed by atoms with E-state index in [2.05, 4.69) is 12.0 Å². The molecule has 3 aromatic rings. The van der Waals surface area contributed by atoms with Crippen LogP contribution < -0.4 is 5.56 Å². The minimum Gasteiger partial charge on any atom is -0.452 e. The number of aryl methyl sites for hydroxylation is 1. The molecule has 0 aliphatic heterocycles. The number of carbonyl (C=O) groups is 2. The molecule has 1 fully saturated rings. The van der Waals surface area contributed by atoms with Crippen LogP contribution in [0.15, 0.2) is 53.3 Å². The minimum atomic E-state index is -0.701. The van der Waals surface area contributed by atoms with E-state index in [9.17, 15) is 14.4 Å². The van der Waals surface area contributed by atoms with E-state index in [4.69, 9.17) is 4.74 Å². The average molecular weight is 461 g/mol. The topological polar surface area (TPSA) is 78.3 Å². The van der Waals surface area contributed by atoms with Crippen molar-refractivity contribution in [1.82, 2.24) is 9.78 Å². The highest BCUT2D eigenvalue weighted by molar-refractivity contribution is 6.04. The Bertz CT molecular complexity index is 1210. The highest BCUT2D eigenvalue weighted by Gasteiger charge is 2.20. The fourth-order valence-electron chi connectivity index (χ4n) is 4.71. The van der Waals surface area contributed by atoms with Gasteiger partial charge in [-0.2, -0.15) is 5.10 Å². The van der Waals surface area contributed by atoms with Crippen LogP contribution in [0.2, 0.25) is 0 Å². The number of unbranched alkanes of at least 4 members (excludes halogenated alkanes) is 2. The van der Waals surface area contributed by atoms with Gasteiger partial charge < -0.3 is 4.74 Å². The number of benzene rings is 2. The fraction of sp³-hybridized carbons (Fsp3) is 0.429. The van der Waals surface area contributed by atoms with Crippen LogP contribution in [0.25, 0.3) is 10.8 Å². The molecular formula is C28H32N2O4. The summed E-state index contributed by atoms with van der Waals surface area (Å²) in [5.74, 6) is -0.389. The lowest BCUT2D eigenvalue weighted by atomic mass is 9.84. The lowest BCUT2D eigenvalue weighted by Gasteiger charge is -2.22. The normalized spacial score (nSPS) is 14.3. The third-order valence-corrected chi connectivity index (χ3v) is 6.68. The summed E-state index contributed by atoms with van der Waals surface area (Å²) in [6, 6.07) is 14.6. The van der Waals surface area contributed by atoms with Crippen LogP contribution >= 0.6 is 0 Å². The first-order chi connectivity index (χ1) is 16.6. The molecule has 34 heavy (non-hydrogen) atoms. The number of ether oxygens (including phenoxy) is 1. The molecule has 0 spiro atoms. The second kappa shape index (κ2) is 11.2. The van der Waals surface area contributed by atoms with Gasteiger partial charge >= 0.3 is 5.97 Å². The molecular weight excluding hydrogens is 428 g/mol. The predicted octanol–water partition coefficient (Wildman–Crippen LogP) is 5.67. The van der Waals surface area contributed by atoms with Crippen molar-refractivity contribution in [2.45, 2.75) is 70.8 Å². The Kier molecular flexibility index (Phi) is 7.88. The lowest BCUT2D eigenvalue weighted by Crippen LogP contribution is -2.27. The molecule has 178 valence electrons. The van der Waals surface area contributed by atoms with Crippen LogP contribution in [0.5, 0.6) is 0 Å². The maximum Gasteiger partial charge on any atom is 0.359 e. The van der Waals surface area contributed by atoms with Crippen LogP contribution in [0, 0.1) is 0 Å². The lowest BCUT2D eigenvalue weighted by molar-refractivity contribution is 0.0468. The predicted molar refractivity (Wildman–Crippen MR) is 132 cm³/mol. The third-order valence-electron chi connectivity index (χ3n) is 6.68. The van der Waals surface area contributed by atoms with Crippen LogP contribution in [0.4, 0.5) is 0 Å². The summed E-state index contributed by atoms with van der Waals surface area (Å²) in [5, 5.41) is 5.16. The number of rotatable bonds is 9. The van der Waals surface area contributed by atoms with Crippen molar-refractivity contribution in [2.24, 2.45) is 0 Å². The monoisotopic (exact) mass is 460 g/mol. The molecule has 0 radical (unpaired) electrons. The van der Waals surface area contributed by atoms with Gasteiger partial charge in [-0.3, -0.25) is 9.59 Å². The quantitative estimate of drug-likeness (QED) is 0.233. The van der Waals surface area contributed by atoms with Crippen LogP contribution in [0.1, 0.15) is 90.6 Å². The van der Waals surface area contributed by atoms with Gasteiger partial charge in [-0.15, -0.1) is 0 Å². The molecule has 0 unspecified atom stereocenters. The Morgan fingerprint density at radius 1 is 0.971 bits per heavy atom. The van der Waals surface area contributed by atoms with E-state index in [1.165, 1.54) is 42.3 Å². The van der Waals surface area contributed by atoms with Gasteiger partial charge in [-0.25, -0.2) is 9.48 Å². The minimum absolute atomic E-state index is 0.0622. The van der Waals surface area contributed by atoms with E-state index >= 15 is 0 Å². The zero-order valence-electron chi connectivity index (χ0n) is 19.8. The fourth-order valence-corrected chi connectivity index (χ4v) is 4.71. The number of carbonyl (C=O) groups excluding carboxylic acids is 2. The molecule has 1 saturated carbocycles. The zero-order valence-corrected chi connectivity index (χ0v) is 19.8. The van der Waals surface area contributed by atoms with Crippen molar-refractivity contribution in [3.63, 3.8) is 0 Å². The second-order valence-corrected chi connectivity index (χ2v) is 9.09. The average Bonchev–Trinajstić information content (AvgIpc) is 2.89. The molecule has 0 saturated heterocycles. The number of nitrogens with zero attached hydrogens (tertiary/aromatic N) is 2. The Labute approximate surface area is 199 Å². The molecule has 6 heteroatoms. The first-order valence-corrected chi connectivity index (χ1v) is 12.4. The smallest absolute Gasteiger partial charge is 0.359 e. The van der Waals surface area contributed by atoms with Crippen molar-refractivity contribution in [3.8, 4) is 0 Å². The molecule has 0 N–H and O–H groups in total. The van der Waals surface area contributed by atoms with Gasteiger partial charge in [0.15, 0.2) is 18.1 Å². The summed E-state index contributed by atoms with van der Waals surface area (Å²) >= 11 is 0. The summed E-state index contributed by atoms with van der Waals surface area (Å²) < 4.78 is 6.69. The summed E-state index contributed by atoms with van der Waals surface area (Å²) in [6.45, 7) is 2.15. The van der Waals surface area contributed by atoms with E-state index in [0.717, 1.165) is 19.3 Å². The molecule has 1 heterocycles. The van der Waals surface area contributed by atoms with Crippen LogP contribution in [0.3, 0.4) is 0 Å². The molecule has 4 rings (SSSR count). The number of hydrogen-bond donors (Lipinski definition) is 0.